The molecule has 2 aromatic rings. The molecule has 5 nitrogen and oxygen atoms in total. The van der Waals surface area contributed by atoms with Crippen molar-refractivity contribution in [1.29, 1.82) is 0 Å². The Morgan fingerprint density at radius 1 is 1.04 bits per heavy atom. The van der Waals surface area contributed by atoms with Crippen LogP contribution >= 0.6 is 0 Å². The molecule has 2 aromatic carbocycles. The maximum Gasteiger partial charge on any atom is 0.422 e. The van der Waals surface area contributed by atoms with Gasteiger partial charge in [0.1, 0.15) is 16.4 Å². The lowest BCUT2D eigenvalue weighted by Crippen LogP contribution is -2.23. The minimum absolute atomic E-state index is 0.00244. The molecule has 0 aromatic heterocycles. The highest BCUT2D eigenvalue weighted by Crippen LogP contribution is 2.23. The molecule has 0 aliphatic heterocycles. The van der Waals surface area contributed by atoms with E-state index < -0.39 is 22.8 Å². The number of methoxy groups -OCH3 is 1. The molecule has 0 bridgehead atoms. The minimum atomic E-state index is -4.41. The summed E-state index contributed by atoms with van der Waals surface area (Å²) in [5, 5.41) is 0. The van der Waals surface area contributed by atoms with Gasteiger partial charge in [-0.05, 0) is 29.8 Å². The summed E-state index contributed by atoms with van der Waals surface area (Å²) in [6.07, 6.45) is -4.41. The molecule has 0 aliphatic rings. The number of halogens is 3. The second kappa shape index (κ2) is 7.75. The summed E-state index contributed by atoms with van der Waals surface area (Å²) in [5.41, 5.74) is 0.567. The normalized spacial score (nSPS) is 12.0. The topological polar surface area (TPSA) is 64.6 Å². The zero-order chi connectivity index (χ0) is 18.5. The van der Waals surface area contributed by atoms with Gasteiger partial charge in [-0.2, -0.15) is 13.2 Å². The van der Waals surface area contributed by atoms with E-state index in [1.54, 1.807) is 12.1 Å². The number of ether oxygens (including phenoxy) is 2. The zero-order valence-electron chi connectivity index (χ0n) is 13.2. The Kier molecular flexibility index (Phi) is 5.91. The Balaban J connectivity index is 2.01. The Hall–Kier alpha value is -2.26. The number of hydrogen-bond acceptors (Lipinski definition) is 4. The molecule has 0 unspecified atom stereocenters. The molecule has 0 spiro atoms. The highest BCUT2D eigenvalue weighted by molar-refractivity contribution is 7.89. The molecule has 0 atom stereocenters. The second-order valence-electron chi connectivity index (χ2n) is 5.02. The maximum atomic E-state index is 12.3. The van der Waals surface area contributed by atoms with E-state index in [1.165, 1.54) is 43.5 Å². The van der Waals surface area contributed by atoms with E-state index in [0.29, 0.717) is 5.56 Å². The molecule has 9 heteroatoms. The average molecular weight is 375 g/mol. The molecule has 0 amide bonds. The van der Waals surface area contributed by atoms with Crippen molar-refractivity contribution in [3.63, 3.8) is 0 Å². The molecule has 0 aliphatic carbocycles. The summed E-state index contributed by atoms with van der Waals surface area (Å²) in [4.78, 5) is 0.00244. The van der Waals surface area contributed by atoms with Gasteiger partial charge in [0, 0.05) is 6.54 Å². The number of nitrogens with one attached hydrogen (secondary N) is 1. The molecule has 0 saturated heterocycles. The predicted molar refractivity (Wildman–Crippen MR) is 85.0 cm³/mol. The number of para-hydroxylation sites is 1. The monoisotopic (exact) mass is 375 g/mol. The van der Waals surface area contributed by atoms with Crippen LogP contribution in [0.15, 0.2) is 53.4 Å². The largest absolute Gasteiger partial charge is 0.495 e. The maximum absolute atomic E-state index is 12.3. The first kappa shape index (κ1) is 19.1. The van der Waals surface area contributed by atoms with Gasteiger partial charge in [0.25, 0.3) is 0 Å². The van der Waals surface area contributed by atoms with Crippen LogP contribution in [0.3, 0.4) is 0 Å². The van der Waals surface area contributed by atoms with Crippen molar-refractivity contribution in [3.8, 4) is 11.5 Å². The molecule has 0 saturated carbocycles. The van der Waals surface area contributed by atoms with Gasteiger partial charge in [0.05, 0.1) is 7.11 Å². The average Bonchev–Trinajstić information content (AvgIpc) is 2.58. The van der Waals surface area contributed by atoms with Crippen LogP contribution in [0.4, 0.5) is 13.2 Å². The van der Waals surface area contributed by atoms with Gasteiger partial charge in [-0.25, -0.2) is 13.1 Å². The van der Waals surface area contributed by atoms with Crippen LogP contribution in [0.25, 0.3) is 0 Å². The first-order valence-corrected chi connectivity index (χ1v) is 8.61. The predicted octanol–water partition coefficient (Wildman–Crippen LogP) is 3.11. The van der Waals surface area contributed by atoms with Crippen LogP contribution < -0.4 is 14.2 Å². The third kappa shape index (κ3) is 5.64. The van der Waals surface area contributed by atoms with Gasteiger partial charge in [0.15, 0.2) is 6.61 Å². The molecular weight excluding hydrogens is 359 g/mol. The van der Waals surface area contributed by atoms with E-state index in [-0.39, 0.29) is 22.9 Å². The zero-order valence-corrected chi connectivity index (χ0v) is 14.0. The van der Waals surface area contributed by atoms with Crippen molar-refractivity contribution in [2.24, 2.45) is 0 Å². The van der Waals surface area contributed by atoms with Crippen molar-refractivity contribution < 1.29 is 31.1 Å². The number of rotatable bonds is 7. The van der Waals surface area contributed by atoms with E-state index in [1.807, 2.05) is 0 Å². The number of sulfonamides is 1. The molecule has 136 valence electrons. The highest BCUT2D eigenvalue weighted by Gasteiger charge is 2.28. The fourth-order valence-electron chi connectivity index (χ4n) is 1.97. The summed E-state index contributed by atoms with van der Waals surface area (Å²) < 4.78 is 72.9. The molecule has 25 heavy (non-hydrogen) atoms. The number of hydrogen-bond donors (Lipinski definition) is 1. The van der Waals surface area contributed by atoms with Gasteiger partial charge >= 0.3 is 6.18 Å². The number of alkyl halides is 3. The molecule has 0 fully saturated rings. The van der Waals surface area contributed by atoms with E-state index in [9.17, 15) is 21.6 Å². The highest BCUT2D eigenvalue weighted by atomic mass is 32.2. The fourth-order valence-corrected chi connectivity index (χ4v) is 3.15. The molecule has 0 heterocycles. The lowest BCUT2D eigenvalue weighted by molar-refractivity contribution is -0.153. The van der Waals surface area contributed by atoms with Crippen LogP contribution in [-0.2, 0) is 16.6 Å². The summed E-state index contributed by atoms with van der Waals surface area (Å²) in [5.74, 6) is 0.263. The Morgan fingerprint density at radius 2 is 1.68 bits per heavy atom. The molecule has 2 rings (SSSR count). The van der Waals surface area contributed by atoms with Gasteiger partial charge in [-0.1, -0.05) is 24.3 Å². The van der Waals surface area contributed by atoms with E-state index in [2.05, 4.69) is 9.46 Å². The van der Waals surface area contributed by atoms with Gasteiger partial charge in [-0.3, -0.25) is 0 Å². The van der Waals surface area contributed by atoms with Crippen molar-refractivity contribution in [2.45, 2.75) is 17.6 Å². The van der Waals surface area contributed by atoms with Crippen molar-refractivity contribution in [1.82, 2.24) is 4.72 Å². The molecule has 1 N–H and O–H groups in total. The summed E-state index contributed by atoms with van der Waals surface area (Å²) >= 11 is 0. The smallest absolute Gasteiger partial charge is 0.422 e. The van der Waals surface area contributed by atoms with Crippen LogP contribution in [0, 0.1) is 0 Å². The third-order valence-corrected chi connectivity index (χ3v) is 4.59. The summed E-state index contributed by atoms with van der Waals surface area (Å²) in [7, 11) is -2.43. The quantitative estimate of drug-likeness (QED) is 0.808. The van der Waals surface area contributed by atoms with Crippen LogP contribution in [0.1, 0.15) is 5.56 Å². The summed E-state index contributed by atoms with van der Waals surface area (Å²) in [6, 6.07) is 11.8. The first-order chi connectivity index (χ1) is 11.7. The van der Waals surface area contributed by atoms with E-state index >= 15 is 0 Å². The van der Waals surface area contributed by atoms with Crippen LogP contribution in [0.5, 0.6) is 11.5 Å². The van der Waals surface area contributed by atoms with Crippen molar-refractivity contribution in [2.75, 3.05) is 13.7 Å². The van der Waals surface area contributed by atoms with E-state index in [4.69, 9.17) is 4.74 Å². The summed E-state index contributed by atoms with van der Waals surface area (Å²) in [6.45, 7) is -1.41. The van der Waals surface area contributed by atoms with Crippen LogP contribution in [0.2, 0.25) is 0 Å². The Bertz CT molecular complexity index is 805. The Labute approximate surface area is 143 Å². The third-order valence-electron chi connectivity index (χ3n) is 3.15. The lowest BCUT2D eigenvalue weighted by atomic mass is 10.2. The lowest BCUT2D eigenvalue weighted by Gasteiger charge is -2.11. The van der Waals surface area contributed by atoms with Crippen molar-refractivity contribution >= 4 is 10.0 Å². The van der Waals surface area contributed by atoms with Gasteiger partial charge < -0.3 is 9.47 Å². The Morgan fingerprint density at radius 3 is 2.28 bits per heavy atom. The standard InChI is InChI=1S/C16H16F3NO4S/c1-23-14-4-2-3-5-15(14)25(21,22)20-10-12-6-8-13(9-7-12)24-11-16(17,18)19/h2-9,20H,10-11H2,1H3. The molecular formula is C16H16F3NO4S. The second-order valence-corrected chi connectivity index (χ2v) is 6.76. The minimum Gasteiger partial charge on any atom is -0.495 e. The van der Waals surface area contributed by atoms with E-state index in [0.717, 1.165) is 0 Å². The van der Waals surface area contributed by atoms with Gasteiger partial charge in [0.2, 0.25) is 10.0 Å². The SMILES string of the molecule is COc1ccccc1S(=O)(=O)NCc1ccc(OCC(F)(F)F)cc1. The van der Waals surface area contributed by atoms with Gasteiger partial charge in [-0.15, -0.1) is 0 Å². The first-order valence-electron chi connectivity index (χ1n) is 7.12. The van der Waals surface area contributed by atoms with Crippen molar-refractivity contribution in [3.05, 3.63) is 54.1 Å². The van der Waals surface area contributed by atoms with Crippen LogP contribution in [-0.4, -0.2) is 28.3 Å². The fraction of sp³-hybridized carbons (Fsp3) is 0.250. The number of benzene rings is 2. The molecule has 0 radical (unpaired) electrons.